The third kappa shape index (κ3) is 2.61. The first-order valence-corrected chi connectivity index (χ1v) is 6.72. The highest BCUT2D eigenvalue weighted by Crippen LogP contribution is 2.22. The first-order valence-electron chi connectivity index (χ1n) is 4.49. The molecule has 0 aromatic heterocycles. The van der Waals surface area contributed by atoms with Crippen LogP contribution in [0.2, 0.25) is 0 Å². The van der Waals surface area contributed by atoms with E-state index in [9.17, 15) is 8.42 Å². The Morgan fingerprint density at radius 3 is 2.62 bits per heavy atom. The van der Waals surface area contributed by atoms with E-state index in [1.807, 2.05) is 6.92 Å². The van der Waals surface area contributed by atoms with E-state index >= 15 is 0 Å². The van der Waals surface area contributed by atoms with Crippen LogP contribution in [0.25, 0.3) is 0 Å². The van der Waals surface area contributed by atoms with Crippen molar-refractivity contribution in [1.29, 1.82) is 5.26 Å². The van der Waals surface area contributed by atoms with Gasteiger partial charge in [-0.15, -0.1) is 0 Å². The highest BCUT2D eigenvalue weighted by molar-refractivity contribution is 9.10. The summed E-state index contributed by atoms with van der Waals surface area (Å²) in [5, 5.41) is 8.48. The largest absolute Gasteiger partial charge is 0.243 e. The van der Waals surface area contributed by atoms with Crippen LogP contribution in [0.15, 0.2) is 27.6 Å². The van der Waals surface area contributed by atoms with Crippen molar-refractivity contribution in [3.8, 4) is 6.07 Å². The summed E-state index contributed by atoms with van der Waals surface area (Å²) in [5.74, 6) is 0. The van der Waals surface area contributed by atoms with Gasteiger partial charge in [-0.1, -0.05) is 22.0 Å². The minimum absolute atomic E-state index is 0.159. The molecule has 16 heavy (non-hydrogen) atoms. The third-order valence-electron chi connectivity index (χ3n) is 2.14. The van der Waals surface area contributed by atoms with Crippen LogP contribution in [0.3, 0.4) is 0 Å². The molecule has 0 fully saturated rings. The fourth-order valence-electron chi connectivity index (χ4n) is 1.10. The van der Waals surface area contributed by atoms with Gasteiger partial charge in [-0.2, -0.15) is 9.57 Å². The summed E-state index contributed by atoms with van der Waals surface area (Å²) in [7, 11) is -2.18. The number of sulfonamides is 1. The zero-order valence-electron chi connectivity index (χ0n) is 8.94. The summed E-state index contributed by atoms with van der Waals surface area (Å²) in [6, 6.07) is 6.60. The molecule has 0 aliphatic heterocycles. The fraction of sp³-hybridized carbons (Fsp3) is 0.300. The molecule has 0 spiro atoms. The Morgan fingerprint density at radius 2 is 2.12 bits per heavy atom. The third-order valence-corrected chi connectivity index (χ3v) is 4.80. The lowest BCUT2D eigenvalue weighted by Gasteiger charge is -2.14. The van der Waals surface area contributed by atoms with Gasteiger partial charge < -0.3 is 0 Å². The summed E-state index contributed by atoms with van der Waals surface area (Å²) in [6.45, 7) is 1.72. The molecule has 86 valence electrons. The maximum Gasteiger partial charge on any atom is 0.243 e. The summed E-state index contributed by atoms with van der Waals surface area (Å²) < 4.78 is 25.6. The lowest BCUT2D eigenvalue weighted by molar-refractivity contribution is 0.501. The normalized spacial score (nSPS) is 11.4. The second-order valence-electron chi connectivity index (χ2n) is 3.33. The standard InChI is InChI=1S/C10H11BrN2O2S/c1-8-3-4-9(7-10(8)11)16(14,15)13(2)6-5-12/h3-4,7H,6H2,1-2H3. The molecule has 6 heteroatoms. The summed E-state index contributed by atoms with van der Waals surface area (Å²) >= 11 is 3.28. The van der Waals surface area contributed by atoms with Crippen molar-refractivity contribution in [2.24, 2.45) is 0 Å². The van der Waals surface area contributed by atoms with Crippen LogP contribution in [0.1, 0.15) is 5.56 Å². The molecule has 0 saturated carbocycles. The molecule has 1 aromatic carbocycles. The lowest BCUT2D eigenvalue weighted by atomic mass is 10.2. The van der Waals surface area contributed by atoms with Gasteiger partial charge in [0.15, 0.2) is 0 Å². The number of hydrogen-bond acceptors (Lipinski definition) is 3. The smallest absolute Gasteiger partial charge is 0.207 e. The van der Waals surface area contributed by atoms with Crippen LogP contribution in [0, 0.1) is 18.3 Å². The van der Waals surface area contributed by atoms with E-state index < -0.39 is 10.0 Å². The topological polar surface area (TPSA) is 61.2 Å². The minimum Gasteiger partial charge on any atom is -0.207 e. The maximum absolute atomic E-state index is 11.9. The molecule has 0 unspecified atom stereocenters. The van der Waals surface area contributed by atoms with Gasteiger partial charge in [-0.3, -0.25) is 0 Å². The van der Waals surface area contributed by atoms with Crippen molar-refractivity contribution in [3.63, 3.8) is 0 Å². The van der Waals surface area contributed by atoms with Gasteiger partial charge >= 0.3 is 0 Å². The zero-order valence-corrected chi connectivity index (χ0v) is 11.3. The van der Waals surface area contributed by atoms with Gasteiger partial charge in [0.25, 0.3) is 0 Å². The molecular formula is C10H11BrN2O2S. The van der Waals surface area contributed by atoms with Gasteiger partial charge in [0.05, 0.1) is 11.0 Å². The van der Waals surface area contributed by atoms with Gasteiger partial charge in [-0.05, 0) is 24.6 Å². The predicted molar refractivity (Wildman–Crippen MR) is 64.3 cm³/mol. The molecular weight excluding hydrogens is 292 g/mol. The van der Waals surface area contributed by atoms with Crippen molar-refractivity contribution in [1.82, 2.24) is 4.31 Å². The molecule has 0 saturated heterocycles. The second kappa shape index (κ2) is 4.95. The fourth-order valence-corrected chi connectivity index (χ4v) is 2.72. The molecule has 0 aliphatic rings. The van der Waals surface area contributed by atoms with E-state index in [0.29, 0.717) is 0 Å². The molecule has 0 amide bonds. The number of halogens is 1. The van der Waals surface area contributed by atoms with Gasteiger partial charge in [0, 0.05) is 11.5 Å². The number of aryl methyl sites for hydroxylation is 1. The molecule has 0 atom stereocenters. The molecule has 1 aromatic rings. The van der Waals surface area contributed by atoms with Crippen molar-refractivity contribution in [2.45, 2.75) is 11.8 Å². The Hall–Kier alpha value is -0.900. The van der Waals surface area contributed by atoms with Crippen LogP contribution in [-0.2, 0) is 10.0 Å². The summed E-state index contributed by atoms with van der Waals surface area (Å²) in [6.07, 6.45) is 0. The monoisotopic (exact) mass is 302 g/mol. The second-order valence-corrected chi connectivity index (χ2v) is 6.23. The Bertz CT molecular complexity index is 534. The van der Waals surface area contributed by atoms with Gasteiger partial charge in [0.2, 0.25) is 10.0 Å². The number of hydrogen-bond donors (Lipinski definition) is 0. The number of rotatable bonds is 3. The first-order chi connectivity index (χ1) is 7.39. The van der Waals surface area contributed by atoms with Crippen LogP contribution in [0.4, 0.5) is 0 Å². The van der Waals surface area contributed by atoms with Crippen LogP contribution >= 0.6 is 15.9 Å². The average Bonchev–Trinajstić information content (AvgIpc) is 2.22. The van der Waals surface area contributed by atoms with Crippen LogP contribution < -0.4 is 0 Å². The highest BCUT2D eigenvalue weighted by Gasteiger charge is 2.20. The van der Waals surface area contributed by atoms with E-state index in [1.54, 1.807) is 18.2 Å². The van der Waals surface area contributed by atoms with E-state index in [0.717, 1.165) is 14.3 Å². The van der Waals surface area contributed by atoms with E-state index in [2.05, 4.69) is 15.9 Å². The van der Waals surface area contributed by atoms with Crippen LogP contribution in [0.5, 0.6) is 0 Å². The molecule has 0 bridgehead atoms. The summed E-state index contributed by atoms with van der Waals surface area (Å²) in [4.78, 5) is 0.183. The molecule has 1 rings (SSSR count). The maximum atomic E-state index is 11.9. The molecule has 0 aliphatic carbocycles. The minimum atomic E-state index is -3.56. The average molecular weight is 303 g/mol. The molecule has 0 N–H and O–H groups in total. The molecule has 0 radical (unpaired) electrons. The van der Waals surface area contributed by atoms with E-state index in [4.69, 9.17) is 5.26 Å². The predicted octanol–water partition coefficient (Wildman–Crippen LogP) is 1.90. The Labute approximate surface area is 104 Å². The number of nitrogens with zero attached hydrogens (tertiary/aromatic N) is 2. The zero-order chi connectivity index (χ0) is 12.3. The van der Waals surface area contributed by atoms with Crippen molar-refractivity contribution >= 4 is 26.0 Å². The quantitative estimate of drug-likeness (QED) is 0.801. The Balaban J connectivity index is 3.18. The van der Waals surface area contributed by atoms with Gasteiger partial charge in [-0.25, -0.2) is 8.42 Å². The highest BCUT2D eigenvalue weighted by atomic mass is 79.9. The summed E-state index contributed by atoms with van der Waals surface area (Å²) in [5.41, 5.74) is 0.960. The van der Waals surface area contributed by atoms with Crippen molar-refractivity contribution < 1.29 is 8.42 Å². The molecule has 4 nitrogen and oxygen atoms in total. The van der Waals surface area contributed by atoms with E-state index in [1.165, 1.54) is 13.1 Å². The van der Waals surface area contributed by atoms with E-state index in [-0.39, 0.29) is 11.4 Å². The Morgan fingerprint density at radius 1 is 1.50 bits per heavy atom. The van der Waals surface area contributed by atoms with Gasteiger partial charge in [0.1, 0.15) is 6.54 Å². The number of nitriles is 1. The molecule has 0 heterocycles. The lowest BCUT2D eigenvalue weighted by Crippen LogP contribution is -2.27. The van der Waals surface area contributed by atoms with Crippen LogP contribution in [-0.4, -0.2) is 26.3 Å². The van der Waals surface area contributed by atoms with Crippen molar-refractivity contribution in [2.75, 3.05) is 13.6 Å². The SMILES string of the molecule is Cc1ccc(S(=O)(=O)N(C)CC#N)cc1Br. The first kappa shape index (κ1) is 13.2. The number of benzene rings is 1. The van der Waals surface area contributed by atoms with Crippen molar-refractivity contribution in [3.05, 3.63) is 28.2 Å². The Kier molecular flexibility index (Phi) is 4.08.